The normalized spacial score (nSPS) is 15.4. The van der Waals surface area contributed by atoms with Crippen molar-refractivity contribution >= 4 is 29.2 Å². The number of halogens is 3. The molecule has 0 saturated carbocycles. The van der Waals surface area contributed by atoms with Crippen LogP contribution in [0.3, 0.4) is 0 Å². The molecule has 1 aliphatic heterocycles. The maximum absolute atomic E-state index is 13.9. The third-order valence-corrected chi connectivity index (χ3v) is 5.14. The van der Waals surface area contributed by atoms with Gasteiger partial charge in [-0.25, -0.2) is 8.78 Å². The molecule has 8 heteroatoms. The van der Waals surface area contributed by atoms with Crippen LogP contribution < -0.4 is 15.8 Å². The summed E-state index contributed by atoms with van der Waals surface area (Å²) in [5, 5.41) is 4.29. The first-order chi connectivity index (χ1) is 13.5. The average molecular weight is 422 g/mol. The smallest absolute Gasteiger partial charge is 0.249 e. The van der Waals surface area contributed by atoms with Gasteiger partial charge in [-0.2, -0.15) is 0 Å². The first-order valence-corrected chi connectivity index (χ1v) is 9.26. The zero-order valence-electron chi connectivity index (χ0n) is 15.6. The second-order valence-corrected chi connectivity index (χ2v) is 7.04. The summed E-state index contributed by atoms with van der Waals surface area (Å²) < 4.78 is 32.9. The van der Waals surface area contributed by atoms with E-state index in [9.17, 15) is 13.6 Å². The van der Waals surface area contributed by atoms with Crippen LogP contribution in [0.4, 0.5) is 8.78 Å². The Bertz CT molecular complexity index is 1040. The number of aromatic amines is 1. The van der Waals surface area contributed by atoms with Crippen LogP contribution >= 0.6 is 12.4 Å². The molecular formula is C21H22ClF2N3O2. The highest BCUT2D eigenvalue weighted by Crippen LogP contribution is 2.31. The van der Waals surface area contributed by atoms with E-state index in [1.807, 2.05) is 6.20 Å². The van der Waals surface area contributed by atoms with Gasteiger partial charge in [0.25, 0.3) is 0 Å². The predicted molar refractivity (Wildman–Crippen MR) is 110 cm³/mol. The lowest BCUT2D eigenvalue weighted by Gasteiger charge is -2.27. The Balaban J connectivity index is 0.00000240. The number of aromatic nitrogens is 1. The highest BCUT2D eigenvalue weighted by atomic mass is 35.5. The molecule has 4 rings (SSSR count). The second-order valence-electron chi connectivity index (χ2n) is 7.04. The number of carbonyl (C=O) groups is 1. The summed E-state index contributed by atoms with van der Waals surface area (Å²) in [6, 6.07) is 7.29. The zero-order valence-corrected chi connectivity index (χ0v) is 16.5. The first kappa shape index (κ1) is 21.1. The van der Waals surface area contributed by atoms with Crippen molar-refractivity contribution in [2.45, 2.75) is 25.3 Å². The lowest BCUT2D eigenvalue weighted by Crippen LogP contribution is -2.40. The molecule has 29 heavy (non-hydrogen) atoms. The first-order valence-electron chi connectivity index (χ1n) is 9.26. The number of amides is 1. The Morgan fingerprint density at radius 1 is 1.28 bits per heavy atom. The minimum Gasteiger partial charge on any atom is -0.489 e. The van der Waals surface area contributed by atoms with E-state index in [2.05, 4.69) is 10.3 Å². The van der Waals surface area contributed by atoms with Crippen LogP contribution in [-0.4, -0.2) is 30.1 Å². The van der Waals surface area contributed by atoms with E-state index in [4.69, 9.17) is 10.5 Å². The largest absolute Gasteiger partial charge is 0.489 e. The van der Waals surface area contributed by atoms with Crippen molar-refractivity contribution in [3.05, 3.63) is 64.9 Å². The van der Waals surface area contributed by atoms with Crippen molar-refractivity contribution in [2.75, 3.05) is 13.2 Å². The summed E-state index contributed by atoms with van der Waals surface area (Å²) in [6.45, 7) is 1.04. The minimum atomic E-state index is -0.591. The number of rotatable bonds is 6. The molecule has 154 valence electrons. The Kier molecular flexibility index (Phi) is 6.39. The summed E-state index contributed by atoms with van der Waals surface area (Å²) in [6.07, 6.45) is 4.02. The number of primary amides is 1. The molecule has 0 unspecified atom stereocenters. The molecule has 0 fully saturated rings. The van der Waals surface area contributed by atoms with Crippen LogP contribution in [0.2, 0.25) is 0 Å². The number of benzene rings is 2. The fourth-order valence-corrected chi connectivity index (χ4v) is 3.75. The predicted octanol–water partition coefficient (Wildman–Crippen LogP) is 3.49. The van der Waals surface area contributed by atoms with Crippen molar-refractivity contribution in [2.24, 2.45) is 5.73 Å². The lowest BCUT2D eigenvalue weighted by molar-refractivity contribution is 0.0997. The van der Waals surface area contributed by atoms with E-state index in [-0.39, 0.29) is 30.0 Å². The number of hydrogen-bond donors (Lipinski definition) is 3. The van der Waals surface area contributed by atoms with Crippen LogP contribution in [-0.2, 0) is 12.8 Å². The second kappa shape index (κ2) is 8.80. The zero-order chi connectivity index (χ0) is 19.7. The average Bonchev–Trinajstić information content (AvgIpc) is 3.07. The molecule has 2 aromatic carbocycles. The van der Waals surface area contributed by atoms with E-state index in [0.29, 0.717) is 30.7 Å². The summed E-state index contributed by atoms with van der Waals surface area (Å²) >= 11 is 0. The third-order valence-electron chi connectivity index (χ3n) is 5.14. The van der Waals surface area contributed by atoms with Crippen LogP contribution in [0.25, 0.3) is 10.9 Å². The number of ether oxygens (including phenoxy) is 1. The summed E-state index contributed by atoms with van der Waals surface area (Å²) in [5.74, 6) is -1.20. The fraction of sp³-hybridized carbons (Fsp3) is 0.286. The van der Waals surface area contributed by atoms with Crippen LogP contribution in [0, 0.1) is 11.6 Å². The SMILES string of the molecule is Cl.NC(=O)c1ccc(F)c2c1C[C@H](NCCCc1c[nH]c3ccc(F)cc13)CO2. The standard InChI is InChI=1S/C21H21F2N3O2.ClH/c22-13-3-6-19-16(8-13)12(10-26-19)2-1-7-25-14-9-17-15(21(24)27)4-5-18(23)20(17)28-11-14;/h3-6,8,10,14,25-26H,1-2,7,9,11H2,(H2,24,27);1H/t14-;/m0./s1. The van der Waals surface area contributed by atoms with Gasteiger partial charge in [-0.3, -0.25) is 4.79 Å². The quantitative estimate of drug-likeness (QED) is 0.533. The highest BCUT2D eigenvalue weighted by molar-refractivity contribution is 5.95. The molecule has 4 N–H and O–H groups in total. The number of hydrogen-bond acceptors (Lipinski definition) is 3. The number of fused-ring (bicyclic) bond motifs is 2. The van der Waals surface area contributed by atoms with Crippen molar-refractivity contribution in [1.29, 1.82) is 0 Å². The molecule has 5 nitrogen and oxygen atoms in total. The molecule has 1 aromatic heterocycles. The van der Waals surface area contributed by atoms with Gasteiger partial charge in [0, 0.05) is 34.3 Å². The maximum atomic E-state index is 13.9. The number of carbonyl (C=O) groups excluding carboxylic acids is 1. The minimum absolute atomic E-state index is 0. The molecule has 0 spiro atoms. The number of H-pyrrole nitrogens is 1. The fourth-order valence-electron chi connectivity index (χ4n) is 3.75. The van der Waals surface area contributed by atoms with Crippen molar-refractivity contribution in [1.82, 2.24) is 10.3 Å². The van der Waals surface area contributed by atoms with Crippen molar-refractivity contribution < 1.29 is 18.3 Å². The van der Waals surface area contributed by atoms with E-state index < -0.39 is 11.7 Å². The number of nitrogens with one attached hydrogen (secondary N) is 2. The van der Waals surface area contributed by atoms with Gasteiger partial charge in [-0.1, -0.05) is 0 Å². The van der Waals surface area contributed by atoms with E-state index in [0.717, 1.165) is 29.3 Å². The molecular weight excluding hydrogens is 400 g/mol. The molecule has 2 heterocycles. The van der Waals surface area contributed by atoms with E-state index in [1.165, 1.54) is 18.2 Å². The van der Waals surface area contributed by atoms with Crippen LogP contribution in [0.5, 0.6) is 5.75 Å². The van der Waals surface area contributed by atoms with Gasteiger partial charge in [0.1, 0.15) is 12.4 Å². The van der Waals surface area contributed by atoms with Gasteiger partial charge in [-0.05, 0) is 61.7 Å². The Hall–Kier alpha value is -2.64. The third kappa shape index (κ3) is 4.36. The van der Waals surface area contributed by atoms with E-state index in [1.54, 1.807) is 12.1 Å². The monoisotopic (exact) mass is 421 g/mol. The summed E-state index contributed by atoms with van der Waals surface area (Å²) in [4.78, 5) is 14.8. The maximum Gasteiger partial charge on any atom is 0.249 e. The molecule has 1 amide bonds. The van der Waals surface area contributed by atoms with Gasteiger partial charge < -0.3 is 20.8 Å². The van der Waals surface area contributed by atoms with Gasteiger partial charge in [-0.15, -0.1) is 12.4 Å². The van der Waals surface area contributed by atoms with Gasteiger partial charge in [0.05, 0.1) is 0 Å². The molecule has 0 saturated heterocycles. The summed E-state index contributed by atoms with van der Waals surface area (Å²) in [5.41, 5.74) is 8.20. The van der Waals surface area contributed by atoms with Crippen molar-refractivity contribution in [3.8, 4) is 5.75 Å². The van der Waals surface area contributed by atoms with Crippen molar-refractivity contribution in [3.63, 3.8) is 0 Å². The Morgan fingerprint density at radius 2 is 2.10 bits per heavy atom. The molecule has 1 atom stereocenters. The Labute approximate surface area is 173 Å². The lowest BCUT2D eigenvalue weighted by atomic mass is 9.96. The van der Waals surface area contributed by atoms with Gasteiger partial charge in [0.15, 0.2) is 11.6 Å². The van der Waals surface area contributed by atoms with Crippen LogP contribution in [0.15, 0.2) is 36.5 Å². The van der Waals surface area contributed by atoms with Gasteiger partial charge >= 0.3 is 0 Å². The number of nitrogens with two attached hydrogens (primary N) is 1. The molecule has 3 aromatic rings. The van der Waals surface area contributed by atoms with Gasteiger partial charge in [0.2, 0.25) is 5.91 Å². The van der Waals surface area contributed by atoms with Crippen LogP contribution in [0.1, 0.15) is 27.9 Å². The molecule has 0 bridgehead atoms. The molecule has 0 aliphatic carbocycles. The van der Waals surface area contributed by atoms with E-state index >= 15 is 0 Å². The topological polar surface area (TPSA) is 80.1 Å². The Morgan fingerprint density at radius 3 is 2.90 bits per heavy atom. The molecule has 0 radical (unpaired) electrons. The highest BCUT2D eigenvalue weighted by Gasteiger charge is 2.26. The summed E-state index contributed by atoms with van der Waals surface area (Å²) in [7, 11) is 0. The number of aryl methyl sites for hydroxylation is 1. The molecule has 1 aliphatic rings.